The Morgan fingerprint density at radius 2 is 2.36 bits per heavy atom. The standard InChI is InChI=1S/C10H12O/c1-6-8-3-4-9(5-8)10(6)7(2)11/h3-4,8-10H,1,5H2,2H3/t8-,9+,10-/m0/s1. The zero-order valence-corrected chi connectivity index (χ0v) is 6.71. The maximum absolute atomic E-state index is 11.2. The second-order valence-electron chi connectivity index (χ2n) is 3.55. The molecule has 0 heterocycles. The van der Waals surface area contributed by atoms with E-state index in [2.05, 4.69) is 18.7 Å². The highest BCUT2D eigenvalue weighted by molar-refractivity contribution is 5.83. The van der Waals surface area contributed by atoms with E-state index in [1.165, 1.54) is 0 Å². The summed E-state index contributed by atoms with van der Waals surface area (Å²) in [6, 6.07) is 0. The molecule has 2 bridgehead atoms. The van der Waals surface area contributed by atoms with E-state index in [4.69, 9.17) is 0 Å². The highest BCUT2D eigenvalue weighted by Crippen LogP contribution is 2.46. The van der Waals surface area contributed by atoms with Gasteiger partial charge in [-0.3, -0.25) is 4.79 Å². The fourth-order valence-electron chi connectivity index (χ4n) is 2.32. The van der Waals surface area contributed by atoms with Crippen LogP contribution >= 0.6 is 0 Å². The number of Topliss-reactive ketones (excluding diaryl/α,β-unsaturated/α-hetero) is 1. The molecule has 58 valence electrons. The number of allylic oxidation sites excluding steroid dienone is 3. The lowest BCUT2D eigenvalue weighted by Crippen LogP contribution is -2.17. The van der Waals surface area contributed by atoms with E-state index in [1.54, 1.807) is 6.92 Å². The van der Waals surface area contributed by atoms with Crippen molar-refractivity contribution in [3.8, 4) is 0 Å². The van der Waals surface area contributed by atoms with E-state index in [-0.39, 0.29) is 11.7 Å². The van der Waals surface area contributed by atoms with E-state index < -0.39 is 0 Å². The van der Waals surface area contributed by atoms with Crippen molar-refractivity contribution < 1.29 is 4.79 Å². The number of hydrogen-bond donors (Lipinski definition) is 0. The van der Waals surface area contributed by atoms with Crippen molar-refractivity contribution in [3.05, 3.63) is 24.3 Å². The van der Waals surface area contributed by atoms with Gasteiger partial charge in [-0.1, -0.05) is 24.3 Å². The first-order chi connectivity index (χ1) is 5.20. The molecule has 1 fully saturated rings. The summed E-state index contributed by atoms with van der Waals surface area (Å²) in [5, 5.41) is 0. The molecule has 0 aromatic carbocycles. The second kappa shape index (κ2) is 2.07. The summed E-state index contributed by atoms with van der Waals surface area (Å²) < 4.78 is 0. The van der Waals surface area contributed by atoms with Gasteiger partial charge in [0.15, 0.2) is 0 Å². The molecule has 1 saturated carbocycles. The molecular formula is C10H12O. The number of carbonyl (C=O) groups excluding carboxylic acids is 1. The van der Waals surface area contributed by atoms with Crippen LogP contribution in [0.4, 0.5) is 0 Å². The van der Waals surface area contributed by atoms with Crippen LogP contribution < -0.4 is 0 Å². The minimum atomic E-state index is 0.144. The molecule has 0 aromatic rings. The lowest BCUT2D eigenvalue weighted by Gasteiger charge is -2.16. The lowest BCUT2D eigenvalue weighted by molar-refractivity contribution is -0.120. The third-order valence-corrected chi connectivity index (χ3v) is 2.86. The number of hydrogen-bond acceptors (Lipinski definition) is 1. The topological polar surface area (TPSA) is 17.1 Å². The fourth-order valence-corrected chi connectivity index (χ4v) is 2.32. The molecule has 0 aromatic heterocycles. The molecule has 0 spiro atoms. The Balaban J connectivity index is 2.32. The quantitative estimate of drug-likeness (QED) is 0.519. The summed E-state index contributed by atoms with van der Waals surface area (Å²) in [5.41, 5.74) is 1.14. The van der Waals surface area contributed by atoms with Gasteiger partial charge in [0.2, 0.25) is 0 Å². The Hall–Kier alpha value is -0.850. The van der Waals surface area contributed by atoms with E-state index >= 15 is 0 Å². The molecule has 0 amide bonds. The number of rotatable bonds is 1. The van der Waals surface area contributed by atoms with Crippen LogP contribution in [0.5, 0.6) is 0 Å². The molecule has 0 aliphatic heterocycles. The van der Waals surface area contributed by atoms with Crippen molar-refractivity contribution >= 4 is 5.78 Å². The molecule has 0 unspecified atom stereocenters. The molecule has 2 rings (SSSR count). The Bertz CT molecular complexity index is 250. The van der Waals surface area contributed by atoms with Crippen LogP contribution in [0.15, 0.2) is 24.3 Å². The van der Waals surface area contributed by atoms with Gasteiger partial charge in [-0.15, -0.1) is 0 Å². The van der Waals surface area contributed by atoms with Gasteiger partial charge in [-0.05, 0) is 25.2 Å². The van der Waals surface area contributed by atoms with Gasteiger partial charge in [-0.2, -0.15) is 0 Å². The van der Waals surface area contributed by atoms with Gasteiger partial charge in [0.05, 0.1) is 0 Å². The first-order valence-corrected chi connectivity index (χ1v) is 4.07. The number of ketones is 1. The third-order valence-electron chi connectivity index (χ3n) is 2.86. The smallest absolute Gasteiger partial charge is 0.137 e. The highest BCUT2D eigenvalue weighted by Gasteiger charge is 2.40. The van der Waals surface area contributed by atoms with Crippen LogP contribution in [0.2, 0.25) is 0 Å². The highest BCUT2D eigenvalue weighted by atomic mass is 16.1. The number of fused-ring (bicyclic) bond motifs is 2. The van der Waals surface area contributed by atoms with Gasteiger partial charge in [0.25, 0.3) is 0 Å². The zero-order chi connectivity index (χ0) is 8.01. The summed E-state index contributed by atoms with van der Waals surface area (Å²) in [6.07, 6.45) is 5.49. The molecule has 0 radical (unpaired) electrons. The van der Waals surface area contributed by atoms with Gasteiger partial charge in [-0.25, -0.2) is 0 Å². The van der Waals surface area contributed by atoms with E-state index in [1.807, 2.05) is 0 Å². The molecule has 2 aliphatic carbocycles. The van der Waals surface area contributed by atoms with E-state index in [0.29, 0.717) is 11.8 Å². The molecule has 2 aliphatic rings. The predicted molar refractivity (Wildman–Crippen MR) is 44.0 cm³/mol. The summed E-state index contributed by atoms with van der Waals surface area (Å²) in [5.74, 6) is 1.41. The van der Waals surface area contributed by atoms with Crippen molar-refractivity contribution in [1.29, 1.82) is 0 Å². The monoisotopic (exact) mass is 148 g/mol. The van der Waals surface area contributed by atoms with Crippen LogP contribution in [0.3, 0.4) is 0 Å². The van der Waals surface area contributed by atoms with Crippen LogP contribution in [-0.2, 0) is 4.79 Å². The van der Waals surface area contributed by atoms with Crippen LogP contribution in [0.25, 0.3) is 0 Å². The molecule has 0 saturated heterocycles. The Morgan fingerprint density at radius 3 is 2.73 bits per heavy atom. The van der Waals surface area contributed by atoms with E-state index in [9.17, 15) is 4.79 Å². The van der Waals surface area contributed by atoms with E-state index in [0.717, 1.165) is 12.0 Å². The minimum absolute atomic E-state index is 0.144. The van der Waals surface area contributed by atoms with Gasteiger partial charge >= 0.3 is 0 Å². The van der Waals surface area contributed by atoms with Crippen molar-refractivity contribution in [2.24, 2.45) is 17.8 Å². The third kappa shape index (κ3) is 0.802. The summed E-state index contributed by atoms with van der Waals surface area (Å²) in [7, 11) is 0. The Labute approximate surface area is 66.8 Å². The van der Waals surface area contributed by atoms with Gasteiger partial charge in [0.1, 0.15) is 5.78 Å². The molecular weight excluding hydrogens is 136 g/mol. The molecule has 0 N–H and O–H groups in total. The first kappa shape index (κ1) is 6.84. The predicted octanol–water partition coefficient (Wildman–Crippen LogP) is 1.95. The fraction of sp³-hybridized carbons (Fsp3) is 0.500. The van der Waals surface area contributed by atoms with Crippen LogP contribution in [0, 0.1) is 17.8 Å². The Kier molecular flexibility index (Phi) is 1.28. The Morgan fingerprint density at radius 1 is 1.64 bits per heavy atom. The summed E-state index contributed by atoms with van der Waals surface area (Å²) in [4.78, 5) is 11.2. The van der Waals surface area contributed by atoms with Gasteiger partial charge < -0.3 is 0 Å². The molecule has 11 heavy (non-hydrogen) atoms. The lowest BCUT2D eigenvalue weighted by atomic mass is 9.87. The first-order valence-electron chi connectivity index (χ1n) is 4.07. The molecule has 3 atom stereocenters. The average molecular weight is 148 g/mol. The average Bonchev–Trinajstić information content (AvgIpc) is 2.44. The summed E-state index contributed by atoms with van der Waals surface area (Å²) >= 11 is 0. The second-order valence-corrected chi connectivity index (χ2v) is 3.55. The largest absolute Gasteiger partial charge is 0.299 e. The summed E-state index contributed by atoms with van der Waals surface area (Å²) in [6.45, 7) is 5.64. The number of carbonyl (C=O) groups is 1. The van der Waals surface area contributed by atoms with Crippen molar-refractivity contribution in [2.45, 2.75) is 13.3 Å². The molecule has 1 nitrogen and oxygen atoms in total. The minimum Gasteiger partial charge on any atom is -0.299 e. The maximum Gasteiger partial charge on any atom is 0.137 e. The SMILES string of the molecule is C=C1[C@@H](C(C)=O)[C@@H]2C=C[C@H]1C2. The normalized spacial score (nSPS) is 40.1. The molecule has 1 heteroatoms. The van der Waals surface area contributed by atoms with Crippen molar-refractivity contribution in [3.63, 3.8) is 0 Å². The van der Waals surface area contributed by atoms with Crippen molar-refractivity contribution in [2.75, 3.05) is 0 Å². The van der Waals surface area contributed by atoms with Crippen molar-refractivity contribution in [1.82, 2.24) is 0 Å². The van der Waals surface area contributed by atoms with Gasteiger partial charge in [0, 0.05) is 5.92 Å². The maximum atomic E-state index is 11.2. The van der Waals surface area contributed by atoms with Crippen LogP contribution in [-0.4, -0.2) is 5.78 Å². The van der Waals surface area contributed by atoms with Crippen LogP contribution in [0.1, 0.15) is 13.3 Å². The zero-order valence-electron chi connectivity index (χ0n) is 6.71.